The van der Waals surface area contributed by atoms with Gasteiger partial charge in [0.25, 0.3) is 0 Å². The molecule has 0 fully saturated rings. The quantitative estimate of drug-likeness (QED) is 0.402. The molecule has 0 aliphatic carbocycles. The van der Waals surface area contributed by atoms with Crippen LogP contribution in [-0.4, -0.2) is 17.6 Å². The number of phenols is 1. The van der Waals surface area contributed by atoms with Gasteiger partial charge in [-0.1, -0.05) is 25.5 Å². The van der Waals surface area contributed by atoms with Gasteiger partial charge in [-0.25, -0.2) is 4.99 Å². The lowest BCUT2D eigenvalue weighted by Crippen LogP contribution is -2.32. The molecule has 4 nitrogen and oxygen atoms in total. The Morgan fingerprint density at radius 1 is 1.50 bits per heavy atom. The number of aromatic hydroxyl groups is 1. The van der Waals surface area contributed by atoms with Crippen LogP contribution in [0.4, 0.5) is 0 Å². The Hall–Kier alpha value is -1.71. The number of aliphatic imine (C=N–C) groups is 1. The van der Waals surface area contributed by atoms with Gasteiger partial charge in [0, 0.05) is 6.54 Å². The van der Waals surface area contributed by atoms with Crippen LogP contribution in [0, 0.1) is 0 Å². The Balaban J connectivity index is 2.40. The highest BCUT2D eigenvalue weighted by molar-refractivity contribution is 5.77. The zero-order valence-electron chi connectivity index (χ0n) is 9.61. The van der Waals surface area contributed by atoms with Crippen molar-refractivity contribution < 1.29 is 5.11 Å². The van der Waals surface area contributed by atoms with Crippen LogP contribution in [0.15, 0.2) is 29.3 Å². The van der Waals surface area contributed by atoms with Crippen molar-refractivity contribution in [3.63, 3.8) is 0 Å². The summed E-state index contributed by atoms with van der Waals surface area (Å²) in [5, 5.41) is 12.3. The highest BCUT2D eigenvalue weighted by Crippen LogP contribution is 2.11. The van der Waals surface area contributed by atoms with E-state index in [2.05, 4.69) is 17.2 Å². The van der Waals surface area contributed by atoms with Gasteiger partial charge in [0.05, 0.1) is 6.54 Å². The summed E-state index contributed by atoms with van der Waals surface area (Å²) in [6, 6.07) is 7.02. The van der Waals surface area contributed by atoms with Gasteiger partial charge >= 0.3 is 0 Å². The molecule has 0 aromatic heterocycles. The van der Waals surface area contributed by atoms with Crippen molar-refractivity contribution in [3.05, 3.63) is 29.8 Å². The average molecular weight is 221 g/mol. The Labute approximate surface area is 96.2 Å². The van der Waals surface area contributed by atoms with E-state index in [9.17, 15) is 5.11 Å². The molecule has 0 atom stereocenters. The van der Waals surface area contributed by atoms with E-state index in [1.807, 2.05) is 6.07 Å². The molecule has 1 rings (SSSR count). The van der Waals surface area contributed by atoms with Crippen molar-refractivity contribution >= 4 is 5.96 Å². The molecule has 4 heteroatoms. The summed E-state index contributed by atoms with van der Waals surface area (Å²) in [6.45, 7) is 3.47. The largest absolute Gasteiger partial charge is 0.508 e. The second-order valence-corrected chi connectivity index (χ2v) is 3.65. The molecule has 1 aromatic carbocycles. The fourth-order valence-electron chi connectivity index (χ4n) is 1.28. The van der Waals surface area contributed by atoms with Crippen molar-refractivity contribution in [2.24, 2.45) is 10.7 Å². The van der Waals surface area contributed by atoms with E-state index in [1.165, 1.54) is 0 Å². The van der Waals surface area contributed by atoms with E-state index < -0.39 is 0 Å². The van der Waals surface area contributed by atoms with Crippen LogP contribution in [0.1, 0.15) is 25.3 Å². The maximum atomic E-state index is 9.26. The zero-order valence-corrected chi connectivity index (χ0v) is 9.61. The summed E-state index contributed by atoms with van der Waals surface area (Å²) in [4.78, 5) is 4.18. The second-order valence-electron chi connectivity index (χ2n) is 3.65. The van der Waals surface area contributed by atoms with Gasteiger partial charge in [0.15, 0.2) is 5.96 Å². The lowest BCUT2D eigenvalue weighted by Gasteiger charge is -2.04. The van der Waals surface area contributed by atoms with Crippen molar-refractivity contribution in [2.75, 3.05) is 6.54 Å². The normalized spacial score (nSPS) is 11.4. The number of nitrogens with one attached hydrogen (secondary N) is 1. The molecule has 4 N–H and O–H groups in total. The number of hydrogen-bond acceptors (Lipinski definition) is 2. The molecule has 0 saturated carbocycles. The summed E-state index contributed by atoms with van der Waals surface area (Å²) in [5.41, 5.74) is 6.62. The first-order valence-electron chi connectivity index (χ1n) is 5.54. The maximum absolute atomic E-state index is 9.26. The van der Waals surface area contributed by atoms with Gasteiger partial charge in [-0.3, -0.25) is 0 Å². The molecule has 0 bridgehead atoms. The van der Waals surface area contributed by atoms with E-state index >= 15 is 0 Å². The van der Waals surface area contributed by atoms with Gasteiger partial charge in [-0.2, -0.15) is 0 Å². The molecular weight excluding hydrogens is 202 g/mol. The lowest BCUT2D eigenvalue weighted by molar-refractivity contribution is 0.474. The molecule has 0 amide bonds. The van der Waals surface area contributed by atoms with E-state index in [4.69, 9.17) is 5.73 Å². The number of phenolic OH excluding ortho intramolecular Hbond substituents is 1. The number of rotatable bonds is 5. The number of nitrogens with zero attached hydrogens (tertiary/aromatic N) is 1. The number of nitrogens with two attached hydrogens (primary N) is 1. The van der Waals surface area contributed by atoms with E-state index in [-0.39, 0.29) is 5.75 Å². The van der Waals surface area contributed by atoms with Crippen LogP contribution in [0.2, 0.25) is 0 Å². The summed E-state index contributed by atoms with van der Waals surface area (Å²) in [5.74, 6) is 0.710. The first-order valence-corrected chi connectivity index (χ1v) is 5.54. The Morgan fingerprint density at radius 2 is 2.31 bits per heavy atom. The van der Waals surface area contributed by atoms with Gasteiger partial charge in [-0.15, -0.1) is 0 Å². The predicted molar refractivity (Wildman–Crippen MR) is 66.3 cm³/mol. The van der Waals surface area contributed by atoms with Crippen molar-refractivity contribution in [3.8, 4) is 5.75 Å². The molecule has 1 aromatic rings. The highest BCUT2D eigenvalue weighted by Gasteiger charge is 1.94. The Morgan fingerprint density at radius 3 is 3.00 bits per heavy atom. The maximum Gasteiger partial charge on any atom is 0.188 e. The summed E-state index contributed by atoms with van der Waals surface area (Å²) < 4.78 is 0. The molecule has 0 unspecified atom stereocenters. The molecule has 0 aliphatic rings. The van der Waals surface area contributed by atoms with Crippen LogP contribution in [-0.2, 0) is 6.54 Å². The first-order chi connectivity index (χ1) is 7.72. The van der Waals surface area contributed by atoms with E-state index in [0.717, 1.165) is 24.9 Å². The minimum absolute atomic E-state index is 0.255. The van der Waals surface area contributed by atoms with Crippen LogP contribution in [0.25, 0.3) is 0 Å². The lowest BCUT2D eigenvalue weighted by atomic mass is 10.2. The fraction of sp³-hybridized carbons (Fsp3) is 0.417. The topological polar surface area (TPSA) is 70.6 Å². The SMILES string of the molecule is CCCCNC(N)=NCc1cccc(O)c1. The van der Waals surface area contributed by atoms with Crippen LogP contribution < -0.4 is 11.1 Å². The van der Waals surface area contributed by atoms with Gasteiger partial charge in [0.2, 0.25) is 0 Å². The monoisotopic (exact) mass is 221 g/mol. The van der Waals surface area contributed by atoms with E-state index in [1.54, 1.807) is 18.2 Å². The smallest absolute Gasteiger partial charge is 0.188 e. The number of guanidine groups is 1. The molecular formula is C12H19N3O. The number of unbranched alkanes of at least 4 members (excludes halogenated alkanes) is 1. The molecule has 0 aliphatic heterocycles. The van der Waals surface area contributed by atoms with Crippen molar-refractivity contribution in [2.45, 2.75) is 26.3 Å². The molecule has 0 spiro atoms. The predicted octanol–water partition coefficient (Wildman–Crippen LogP) is 1.60. The first kappa shape index (κ1) is 12.4. The third-order valence-electron chi connectivity index (χ3n) is 2.18. The third kappa shape index (κ3) is 4.68. The standard InChI is InChI=1S/C12H19N3O/c1-2-3-7-14-12(13)15-9-10-5-4-6-11(16)8-10/h4-6,8,16H,2-3,7,9H2,1H3,(H3,13,14,15). The summed E-state index contributed by atoms with van der Waals surface area (Å²) in [7, 11) is 0. The Kier molecular flexibility index (Phi) is 5.19. The second kappa shape index (κ2) is 6.71. The van der Waals surface area contributed by atoms with Crippen LogP contribution in [0.5, 0.6) is 5.75 Å². The van der Waals surface area contributed by atoms with Crippen LogP contribution in [0.3, 0.4) is 0 Å². The third-order valence-corrected chi connectivity index (χ3v) is 2.18. The molecule has 88 valence electrons. The van der Waals surface area contributed by atoms with Gasteiger partial charge in [0.1, 0.15) is 5.75 Å². The van der Waals surface area contributed by atoms with Crippen molar-refractivity contribution in [1.82, 2.24) is 5.32 Å². The molecule has 0 saturated heterocycles. The molecule has 16 heavy (non-hydrogen) atoms. The zero-order chi connectivity index (χ0) is 11.8. The molecule has 0 radical (unpaired) electrons. The average Bonchev–Trinajstić information content (AvgIpc) is 2.27. The van der Waals surface area contributed by atoms with E-state index in [0.29, 0.717) is 12.5 Å². The summed E-state index contributed by atoms with van der Waals surface area (Å²) in [6.07, 6.45) is 2.22. The van der Waals surface area contributed by atoms with Crippen molar-refractivity contribution in [1.29, 1.82) is 0 Å². The number of benzene rings is 1. The molecule has 0 heterocycles. The summed E-state index contributed by atoms with van der Waals surface area (Å²) >= 11 is 0. The van der Waals surface area contributed by atoms with Gasteiger partial charge in [-0.05, 0) is 24.1 Å². The fourth-order valence-corrected chi connectivity index (χ4v) is 1.28. The van der Waals surface area contributed by atoms with Gasteiger partial charge < -0.3 is 16.2 Å². The van der Waals surface area contributed by atoms with Crippen LogP contribution >= 0.6 is 0 Å². The number of hydrogen-bond donors (Lipinski definition) is 3. The Bertz CT molecular complexity index is 350. The minimum atomic E-state index is 0.255. The highest BCUT2D eigenvalue weighted by atomic mass is 16.3. The minimum Gasteiger partial charge on any atom is -0.508 e.